The Balaban J connectivity index is -0.000000645. The van der Waals surface area contributed by atoms with Gasteiger partial charge in [0.15, 0.2) is 9.04 Å². The Bertz CT molecular complexity index is 1330. The van der Waals surface area contributed by atoms with Crippen LogP contribution in [0.3, 0.4) is 0 Å². The predicted octanol–water partition coefficient (Wildman–Crippen LogP) is -7.94. The van der Waals surface area contributed by atoms with Gasteiger partial charge in [-0.1, -0.05) is 14.9 Å². The lowest BCUT2D eigenvalue weighted by atomic mass is 11.9. The van der Waals surface area contributed by atoms with Crippen molar-refractivity contribution in [2.45, 2.75) is 47.6 Å². The van der Waals surface area contributed by atoms with Crippen LogP contribution in [0.15, 0.2) is 0 Å². The minimum absolute atomic E-state index is 0. The summed E-state index contributed by atoms with van der Waals surface area (Å²) >= 11 is 0. The molecule has 0 bridgehead atoms. The highest BCUT2D eigenvalue weighted by molar-refractivity contribution is 7.78. The monoisotopic (exact) mass is 980 g/mol. The summed E-state index contributed by atoms with van der Waals surface area (Å²) in [4.78, 5) is 0. The molecule has 0 radical (unpaired) electrons. The van der Waals surface area contributed by atoms with Gasteiger partial charge >= 0.3 is 111 Å². The molecule has 0 aliphatic rings. The molecule has 0 saturated carbocycles. The van der Waals surface area contributed by atoms with Crippen molar-refractivity contribution in [1.82, 2.24) is 0 Å². The highest BCUT2D eigenvalue weighted by atomic mass is 30.1. The molecule has 0 aromatic carbocycles. The predicted molar refractivity (Wildman–Crippen MR) is 185 cm³/mol. The summed E-state index contributed by atoms with van der Waals surface area (Å²) in [6, 6.07) is 0. The fourth-order valence-corrected chi connectivity index (χ4v) is 170. The molecule has 0 aromatic heterocycles. The molecule has 0 fully saturated rings. The summed E-state index contributed by atoms with van der Waals surface area (Å²) in [5, 5.41) is 0. The maximum Gasteiger partial charge on any atom is 0.549 e. The van der Waals surface area contributed by atoms with Crippen molar-refractivity contribution >= 4 is 166 Å². The largest absolute Gasteiger partial charge is 0.549 e. The molecule has 1 unspecified atom stereocenters. The maximum atomic E-state index is 12.5. The Hall–Kier alpha value is 1.02. The van der Waals surface area contributed by atoms with Gasteiger partial charge in [0.05, 0.1) is 0 Å². The second-order valence-corrected chi connectivity index (χ2v) is 90.4. The molecular weight excluding hydrogens is 950 g/mol. The average molecular weight is 982 g/mol. The van der Waals surface area contributed by atoms with Crippen LogP contribution in [0.25, 0.3) is 0 Å². The third kappa shape index (κ3) is 21.3. The van der Waals surface area contributed by atoms with Gasteiger partial charge in [-0.3, -0.25) is 17.8 Å². The molecule has 0 saturated heterocycles. The van der Waals surface area contributed by atoms with E-state index in [2.05, 4.69) is 0 Å². The van der Waals surface area contributed by atoms with E-state index in [9.17, 15) is 53.5 Å². The molecule has 19 nitrogen and oxygen atoms in total. The Labute approximate surface area is 294 Å². The summed E-state index contributed by atoms with van der Waals surface area (Å²) in [5.74, 6) is 0. The molecule has 39 heteroatoms. The van der Waals surface area contributed by atoms with E-state index >= 15 is 0 Å². The van der Waals surface area contributed by atoms with E-state index in [1.807, 2.05) is 13.1 Å². The maximum absolute atomic E-state index is 12.5. The summed E-state index contributed by atoms with van der Waals surface area (Å²) in [6.45, 7) is 8.04. The van der Waals surface area contributed by atoms with E-state index in [1.165, 1.54) is 19.6 Å². The van der Waals surface area contributed by atoms with Crippen LogP contribution in [0.4, 0.5) is 0 Å². The zero-order valence-electron chi connectivity index (χ0n) is 23.8. The first kappa shape index (κ1) is 56.4. The van der Waals surface area contributed by atoms with Crippen molar-refractivity contribution in [3.05, 3.63) is 0 Å². The van der Waals surface area contributed by atoms with Gasteiger partial charge in [0.25, 0.3) is 0 Å². The number of hydrogen-bond donors (Lipinski definition) is 0. The van der Waals surface area contributed by atoms with Gasteiger partial charge < -0.3 is 65.9 Å². The summed E-state index contributed by atoms with van der Waals surface area (Å²) in [6.07, 6.45) is 0. The van der Waals surface area contributed by atoms with Crippen molar-refractivity contribution in [2.75, 3.05) is 0 Å². The zero-order valence-corrected chi connectivity index (χ0v) is 46.0. The summed E-state index contributed by atoms with van der Waals surface area (Å²) in [5.41, 5.74) is 0. The van der Waals surface area contributed by atoms with Gasteiger partial charge in [0, 0.05) is 0 Å². The SMILES string of the molecule is C.C.C[SiH](C)O[SiH2][Si](=O)[Si](=O)[Si](=O)[SiH](C)O[SiH2][Si](=O)[Si](=O)[Si](=O)[Si](=O)[Si](=O)[Si](=O)[Si](=O)[Si](=O)[Si](=O)[Si](C)(C)O[SiH3].O=[Si]=O.O=[Si]=O. The van der Waals surface area contributed by atoms with E-state index in [0.717, 1.165) is 0 Å². The van der Waals surface area contributed by atoms with Gasteiger partial charge in [-0.05, 0) is 32.7 Å². The van der Waals surface area contributed by atoms with Crippen molar-refractivity contribution < 1.29 is 83.7 Å². The van der Waals surface area contributed by atoms with Gasteiger partial charge in [-0.25, -0.2) is 0 Å². The third-order valence-corrected chi connectivity index (χ3v) is 128. The quantitative estimate of drug-likeness (QED) is 0.109. The molecule has 0 N–H and O–H groups in total. The Morgan fingerprint density at radius 3 is 1.22 bits per heavy atom. The lowest BCUT2D eigenvalue weighted by molar-refractivity contribution is 0.496. The van der Waals surface area contributed by atoms with Crippen LogP contribution in [0.2, 0.25) is 32.7 Å². The van der Waals surface area contributed by atoms with Crippen LogP contribution < -0.4 is 0 Å². The fourth-order valence-electron chi connectivity index (χ4n) is 2.08. The van der Waals surface area contributed by atoms with Gasteiger partial charge in [0.1, 0.15) is 10.5 Å². The van der Waals surface area contributed by atoms with Crippen molar-refractivity contribution in [2.24, 2.45) is 0 Å². The van der Waals surface area contributed by atoms with Gasteiger partial charge in [-0.2, -0.15) is 0 Å². The number of rotatable bonds is 19. The molecular formula is C7H32O19Si20. The van der Waals surface area contributed by atoms with Crippen LogP contribution in [0.1, 0.15) is 14.9 Å². The lowest BCUT2D eigenvalue weighted by Gasteiger charge is -2.15. The smallest absolute Gasteiger partial charge is 0.461 e. The van der Waals surface area contributed by atoms with E-state index in [0.29, 0.717) is 0 Å². The first-order chi connectivity index (χ1) is 20.1. The lowest BCUT2D eigenvalue weighted by Crippen LogP contribution is -2.57. The number of hydrogen-bond acceptors (Lipinski definition) is 19. The van der Waals surface area contributed by atoms with E-state index in [4.69, 9.17) is 30.2 Å². The van der Waals surface area contributed by atoms with Crippen LogP contribution in [-0.4, -0.2) is 166 Å². The molecule has 0 spiro atoms. The molecule has 0 aliphatic carbocycles. The minimum atomic E-state index is -3.86. The van der Waals surface area contributed by atoms with E-state index in [-0.39, 0.29) is 25.3 Å². The molecule has 1 atom stereocenters. The molecule has 254 valence electrons. The normalized spacial score (nSPS) is 10.7. The molecule has 0 aliphatic heterocycles. The van der Waals surface area contributed by atoms with E-state index < -0.39 is 155 Å². The van der Waals surface area contributed by atoms with Crippen molar-refractivity contribution in [3.63, 3.8) is 0 Å². The average Bonchev–Trinajstić information content (AvgIpc) is 2.98. The zero-order chi connectivity index (χ0) is 35.5. The van der Waals surface area contributed by atoms with Crippen LogP contribution >= 0.6 is 0 Å². The Morgan fingerprint density at radius 2 is 0.870 bits per heavy atom. The van der Waals surface area contributed by atoms with Crippen LogP contribution in [0.5, 0.6) is 0 Å². The topological polar surface area (TPSA) is 301 Å². The van der Waals surface area contributed by atoms with Gasteiger partial charge in [-0.15, -0.1) is 0 Å². The third-order valence-electron chi connectivity index (χ3n) is 4.61. The first-order valence-corrected chi connectivity index (χ1v) is 56.7. The summed E-state index contributed by atoms with van der Waals surface area (Å²) in [7, 11) is -54.3. The van der Waals surface area contributed by atoms with Crippen LogP contribution in [-0.2, 0) is 83.7 Å². The molecule has 0 heterocycles. The first-order valence-electron chi connectivity index (χ1n) is 11.4. The van der Waals surface area contributed by atoms with Crippen LogP contribution in [0, 0.1) is 0 Å². The highest BCUT2D eigenvalue weighted by Crippen LogP contribution is 2.02. The molecule has 0 amide bonds. The van der Waals surface area contributed by atoms with Crippen molar-refractivity contribution in [3.8, 4) is 0 Å². The molecule has 0 aromatic rings. The highest BCUT2D eigenvalue weighted by Gasteiger charge is 2.53. The Morgan fingerprint density at radius 1 is 0.565 bits per heavy atom. The minimum Gasteiger partial charge on any atom is -0.461 e. The second kappa shape index (κ2) is 29.7. The van der Waals surface area contributed by atoms with E-state index in [1.54, 1.807) is 0 Å². The molecule has 0 rings (SSSR count). The molecule has 46 heavy (non-hydrogen) atoms. The second-order valence-electron chi connectivity index (χ2n) is 8.37. The van der Waals surface area contributed by atoms with Gasteiger partial charge in [0.2, 0.25) is 35.0 Å². The standard InChI is InChI=1S/C5H24O15Si18.2CH4.2O2Si/c1-24(2)19-22-26(6)29(9)28(8)25(3)20-23-27(7)30(10)31(11)32(12)33(13)34(14)35(15)36(16)37(17)38(4,5)18-21;;;2*1-3-2/h24-25H,22-23H2,1-5,21H3;2*1H4;;. The fraction of sp³-hybridized carbons (Fsp3) is 1.00. The summed E-state index contributed by atoms with van der Waals surface area (Å²) < 4.78 is 198. The Kier molecular flexibility index (Phi) is 36.4. The van der Waals surface area contributed by atoms with Crippen molar-refractivity contribution in [1.29, 1.82) is 0 Å².